The minimum atomic E-state index is -0.335. The molecule has 0 aliphatic carbocycles. The van der Waals surface area contributed by atoms with Crippen LogP contribution in [0.15, 0.2) is 29.4 Å². The normalized spacial score (nSPS) is 9.21. The molecule has 0 heterocycles. The van der Waals surface area contributed by atoms with Gasteiger partial charge in [-0.15, -0.1) is 5.10 Å². The molecule has 0 saturated heterocycles. The van der Waals surface area contributed by atoms with Crippen molar-refractivity contribution in [1.82, 2.24) is 5.43 Å². The van der Waals surface area contributed by atoms with Gasteiger partial charge in [0.2, 0.25) is 5.96 Å². The minimum absolute atomic E-state index is 0.175. The number of guanidine groups is 1. The number of carbonyl (C=O) groups is 1. The van der Waals surface area contributed by atoms with Crippen molar-refractivity contribution in [3.63, 3.8) is 0 Å². The first-order chi connectivity index (χ1) is 6.59. The number of nitrogens with zero attached hydrogens (tertiary/aromatic N) is 1. The van der Waals surface area contributed by atoms with E-state index in [0.29, 0.717) is 5.56 Å². The summed E-state index contributed by atoms with van der Waals surface area (Å²) in [6.45, 7) is 1.94. The zero-order chi connectivity index (χ0) is 10.6. The first-order valence-electron chi connectivity index (χ1n) is 4.05. The van der Waals surface area contributed by atoms with Gasteiger partial charge in [0.1, 0.15) is 0 Å². The van der Waals surface area contributed by atoms with Crippen molar-refractivity contribution in [3.05, 3.63) is 35.4 Å². The number of hydrogen-bond donors (Lipinski definition) is 3. The molecule has 0 fully saturated rings. The molecule has 1 aromatic rings. The molecule has 0 atom stereocenters. The summed E-state index contributed by atoms with van der Waals surface area (Å²) in [5.74, 6) is -0.510. The molecule has 0 radical (unpaired) electrons. The molecule has 5 nitrogen and oxygen atoms in total. The zero-order valence-corrected chi connectivity index (χ0v) is 7.82. The van der Waals surface area contributed by atoms with Crippen LogP contribution in [0.4, 0.5) is 0 Å². The van der Waals surface area contributed by atoms with Crippen molar-refractivity contribution >= 4 is 11.9 Å². The maximum absolute atomic E-state index is 11.3. The summed E-state index contributed by atoms with van der Waals surface area (Å²) in [4.78, 5) is 11.3. The van der Waals surface area contributed by atoms with Crippen LogP contribution in [0.1, 0.15) is 15.9 Å². The van der Waals surface area contributed by atoms with Gasteiger partial charge in [-0.1, -0.05) is 17.7 Å². The topological polar surface area (TPSA) is 93.5 Å². The maximum atomic E-state index is 11.3. The predicted octanol–water partition coefficient (Wildman–Crippen LogP) is -0.0868. The molecule has 5 N–H and O–H groups in total. The largest absolute Gasteiger partial charge is 0.369 e. The molecule has 0 bridgehead atoms. The summed E-state index contributed by atoms with van der Waals surface area (Å²) in [6, 6.07) is 7.08. The van der Waals surface area contributed by atoms with Crippen LogP contribution in [0.25, 0.3) is 0 Å². The SMILES string of the molecule is Cc1ccc(C(=O)NN=C(N)N)cc1. The van der Waals surface area contributed by atoms with Gasteiger partial charge in [0, 0.05) is 5.56 Å². The fraction of sp³-hybridized carbons (Fsp3) is 0.111. The Morgan fingerprint density at radius 3 is 2.36 bits per heavy atom. The quantitative estimate of drug-likeness (QED) is 0.347. The Balaban J connectivity index is 2.70. The summed E-state index contributed by atoms with van der Waals surface area (Å²) in [5, 5.41) is 3.40. The Morgan fingerprint density at radius 1 is 1.29 bits per heavy atom. The second kappa shape index (κ2) is 4.27. The van der Waals surface area contributed by atoms with Gasteiger partial charge in [0.05, 0.1) is 0 Å². The lowest BCUT2D eigenvalue weighted by Gasteiger charge is -2.00. The molecule has 74 valence electrons. The molecule has 0 spiro atoms. The molecular formula is C9H12N4O. The molecule has 0 aromatic heterocycles. The van der Waals surface area contributed by atoms with Crippen molar-refractivity contribution in [2.45, 2.75) is 6.92 Å². The average Bonchev–Trinajstić information content (AvgIpc) is 2.15. The van der Waals surface area contributed by atoms with Gasteiger partial charge in [-0.05, 0) is 19.1 Å². The highest BCUT2D eigenvalue weighted by atomic mass is 16.2. The lowest BCUT2D eigenvalue weighted by Crippen LogP contribution is -2.28. The van der Waals surface area contributed by atoms with Crippen LogP contribution in [0.5, 0.6) is 0 Å². The van der Waals surface area contributed by atoms with E-state index < -0.39 is 0 Å². The third-order valence-electron chi connectivity index (χ3n) is 1.60. The summed E-state index contributed by atoms with van der Waals surface area (Å²) >= 11 is 0. The molecule has 0 unspecified atom stereocenters. The van der Waals surface area contributed by atoms with E-state index in [0.717, 1.165) is 5.56 Å². The van der Waals surface area contributed by atoms with Gasteiger partial charge in [0.15, 0.2) is 0 Å². The number of nitrogens with two attached hydrogens (primary N) is 2. The summed E-state index contributed by atoms with van der Waals surface area (Å²) in [5.41, 5.74) is 13.9. The number of benzene rings is 1. The van der Waals surface area contributed by atoms with E-state index in [4.69, 9.17) is 11.5 Å². The second-order valence-electron chi connectivity index (χ2n) is 2.84. The van der Waals surface area contributed by atoms with Crippen LogP contribution in [-0.4, -0.2) is 11.9 Å². The third kappa shape index (κ3) is 2.78. The second-order valence-corrected chi connectivity index (χ2v) is 2.84. The number of rotatable bonds is 2. The number of nitrogens with one attached hydrogen (secondary N) is 1. The first kappa shape index (κ1) is 10.0. The fourth-order valence-corrected chi connectivity index (χ4v) is 0.885. The van der Waals surface area contributed by atoms with E-state index in [2.05, 4.69) is 10.5 Å². The Labute approximate surface area is 81.8 Å². The van der Waals surface area contributed by atoms with Crippen LogP contribution in [0, 0.1) is 6.92 Å². The first-order valence-corrected chi connectivity index (χ1v) is 4.05. The van der Waals surface area contributed by atoms with Crippen LogP contribution in [-0.2, 0) is 0 Å². The Hall–Kier alpha value is -2.04. The zero-order valence-electron chi connectivity index (χ0n) is 7.82. The van der Waals surface area contributed by atoms with Gasteiger partial charge >= 0.3 is 0 Å². The highest BCUT2D eigenvalue weighted by molar-refractivity contribution is 5.94. The van der Waals surface area contributed by atoms with Crippen LogP contribution >= 0.6 is 0 Å². The Bertz CT molecular complexity index is 352. The third-order valence-corrected chi connectivity index (χ3v) is 1.60. The van der Waals surface area contributed by atoms with E-state index in [9.17, 15) is 4.79 Å². The van der Waals surface area contributed by atoms with Gasteiger partial charge < -0.3 is 11.5 Å². The molecule has 14 heavy (non-hydrogen) atoms. The van der Waals surface area contributed by atoms with E-state index in [1.165, 1.54) is 0 Å². The van der Waals surface area contributed by atoms with Crippen LogP contribution in [0.2, 0.25) is 0 Å². The van der Waals surface area contributed by atoms with Crippen molar-refractivity contribution in [1.29, 1.82) is 0 Å². The predicted molar refractivity (Wildman–Crippen MR) is 54.5 cm³/mol. The van der Waals surface area contributed by atoms with Gasteiger partial charge in [-0.2, -0.15) is 0 Å². The molecule has 1 rings (SSSR count). The van der Waals surface area contributed by atoms with Crippen molar-refractivity contribution in [2.75, 3.05) is 0 Å². The molecular weight excluding hydrogens is 180 g/mol. The monoisotopic (exact) mass is 192 g/mol. The van der Waals surface area contributed by atoms with E-state index in [1.807, 2.05) is 19.1 Å². The van der Waals surface area contributed by atoms with E-state index in [-0.39, 0.29) is 11.9 Å². The average molecular weight is 192 g/mol. The number of hydrazone groups is 1. The lowest BCUT2D eigenvalue weighted by atomic mass is 10.1. The Morgan fingerprint density at radius 2 is 1.86 bits per heavy atom. The molecule has 0 saturated carbocycles. The summed E-state index contributed by atoms with van der Waals surface area (Å²) in [7, 11) is 0. The molecule has 1 aromatic carbocycles. The number of amides is 1. The van der Waals surface area contributed by atoms with Crippen LogP contribution in [0.3, 0.4) is 0 Å². The van der Waals surface area contributed by atoms with Crippen LogP contribution < -0.4 is 16.9 Å². The van der Waals surface area contributed by atoms with Crippen molar-refractivity contribution in [2.24, 2.45) is 16.6 Å². The van der Waals surface area contributed by atoms with Crippen molar-refractivity contribution in [3.8, 4) is 0 Å². The van der Waals surface area contributed by atoms with E-state index >= 15 is 0 Å². The van der Waals surface area contributed by atoms with E-state index in [1.54, 1.807) is 12.1 Å². The number of hydrogen-bond acceptors (Lipinski definition) is 2. The molecule has 5 heteroatoms. The van der Waals surface area contributed by atoms with Crippen molar-refractivity contribution < 1.29 is 4.79 Å². The minimum Gasteiger partial charge on any atom is -0.369 e. The maximum Gasteiger partial charge on any atom is 0.271 e. The standard InChI is InChI=1S/C9H12N4O/c1-6-2-4-7(5-3-6)8(14)12-13-9(10)11/h2-5H,1H3,(H,12,14)(H4,10,11,13). The summed E-state index contributed by atoms with van der Waals surface area (Å²) < 4.78 is 0. The lowest BCUT2D eigenvalue weighted by molar-refractivity contribution is 0.0954. The fourth-order valence-electron chi connectivity index (χ4n) is 0.885. The van der Waals surface area contributed by atoms with Gasteiger partial charge in [0.25, 0.3) is 5.91 Å². The van der Waals surface area contributed by atoms with Gasteiger partial charge in [-0.3, -0.25) is 4.79 Å². The smallest absolute Gasteiger partial charge is 0.271 e. The number of carbonyl (C=O) groups excluding carboxylic acids is 1. The highest BCUT2D eigenvalue weighted by Gasteiger charge is 2.02. The summed E-state index contributed by atoms with van der Waals surface area (Å²) in [6.07, 6.45) is 0. The molecule has 1 amide bonds. The Kier molecular flexibility index (Phi) is 3.06. The highest BCUT2D eigenvalue weighted by Crippen LogP contribution is 2.02. The number of aryl methyl sites for hydroxylation is 1. The molecule has 0 aliphatic rings. The molecule has 0 aliphatic heterocycles. The van der Waals surface area contributed by atoms with Gasteiger partial charge in [-0.25, -0.2) is 5.43 Å².